The lowest BCUT2D eigenvalue weighted by atomic mass is 9.77. The predicted octanol–water partition coefficient (Wildman–Crippen LogP) is 5.69. The largest absolute Gasteiger partial charge is 0.496 e. The zero-order valence-electron chi connectivity index (χ0n) is 29.7. The lowest BCUT2D eigenvalue weighted by Gasteiger charge is -2.41. The van der Waals surface area contributed by atoms with Crippen LogP contribution in [-0.4, -0.2) is 116 Å². The Morgan fingerprint density at radius 1 is 0.667 bits per heavy atom. The molecule has 2 saturated carbocycles. The van der Waals surface area contributed by atoms with Crippen molar-refractivity contribution in [2.45, 2.75) is 75.4 Å². The molecule has 2 aromatic rings. The molecule has 2 aromatic carbocycles. The van der Waals surface area contributed by atoms with E-state index < -0.39 is 11.2 Å². The first-order valence-corrected chi connectivity index (χ1v) is 18.5. The third kappa shape index (κ3) is 9.34. The molecule has 4 aliphatic rings. The smallest absolute Gasteiger partial charge is 0.125 e. The third-order valence-corrected chi connectivity index (χ3v) is 11.7. The molecule has 0 amide bonds. The van der Waals surface area contributed by atoms with Gasteiger partial charge in [-0.25, -0.2) is 8.78 Å². The highest BCUT2D eigenvalue weighted by Crippen LogP contribution is 2.45. The summed E-state index contributed by atoms with van der Waals surface area (Å²) in [7, 11) is 5.90. The van der Waals surface area contributed by atoms with Gasteiger partial charge in [-0.2, -0.15) is 0 Å². The van der Waals surface area contributed by atoms with Crippen LogP contribution >= 0.6 is 0 Å². The van der Waals surface area contributed by atoms with Crippen LogP contribution in [0.3, 0.4) is 0 Å². The van der Waals surface area contributed by atoms with Crippen molar-refractivity contribution in [1.29, 1.82) is 0 Å². The Morgan fingerprint density at radius 2 is 1.19 bits per heavy atom. The molecule has 2 aliphatic carbocycles. The molecule has 2 heterocycles. The van der Waals surface area contributed by atoms with E-state index in [1.165, 1.54) is 24.3 Å². The number of hydrogen-bond donors (Lipinski definition) is 2. The van der Waals surface area contributed by atoms with Crippen molar-refractivity contribution < 1.29 is 23.7 Å². The molecule has 0 aromatic heterocycles. The SMILES string of the molecule is CN1CCN(CC2CCCCCC2(O)c2cccc(F)c2)CC1.COc1ccc(F)cc1C1(O)CCCCCC1CN1CCN(C)CC1. The zero-order chi connectivity index (χ0) is 34.1. The molecule has 7 nitrogen and oxygen atoms in total. The molecule has 9 heteroatoms. The molecule has 2 aliphatic heterocycles. The molecule has 0 spiro atoms. The molecule has 4 fully saturated rings. The van der Waals surface area contributed by atoms with Gasteiger partial charge in [0.25, 0.3) is 0 Å². The Hall–Kier alpha value is -2.14. The second-order valence-corrected chi connectivity index (χ2v) is 15.0. The van der Waals surface area contributed by atoms with Crippen molar-refractivity contribution in [2.75, 3.05) is 86.7 Å². The number of piperazine rings is 2. The first-order chi connectivity index (χ1) is 23.1. The Balaban J connectivity index is 0.000000188. The minimum Gasteiger partial charge on any atom is -0.496 e. The number of aliphatic hydroxyl groups is 2. The minimum atomic E-state index is -1.02. The maximum absolute atomic E-state index is 14.0. The van der Waals surface area contributed by atoms with E-state index in [2.05, 4.69) is 33.7 Å². The number of ether oxygens (including phenoxy) is 1. The van der Waals surface area contributed by atoms with Crippen LogP contribution in [0.5, 0.6) is 5.75 Å². The summed E-state index contributed by atoms with van der Waals surface area (Å²) in [5, 5.41) is 23.2. The first-order valence-electron chi connectivity index (χ1n) is 18.5. The van der Waals surface area contributed by atoms with E-state index in [-0.39, 0.29) is 23.5 Å². The van der Waals surface area contributed by atoms with Crippen LogP contribution in [-0.2, 0) is 11.2 Å². The van der Waals surface area contributed by atoms with Gasteiger partial charge in [0.05, 0.1) is 18.3 Å². The topological polar surface area (TPSA) is 62.7 Å². The van der Waals surface area contributed by atoms with Crippen LogP contribution in [0, 0.1) is 23.5 Å². The molecule has 0 radical (unpaired) electrons. The van der Waals surface area contributed by atoms with E-state index in [9.17, 15) is 19.0 Å². The lowest BCUT2D eigenvalue weighted by molar-refractivity contribution is -0.0481. The van der Waals surface area contributed by atoms with Crippen LogP contribution in [0.2, 0.25) is 0 Å². The van der Waals surface area contributed by atoms with Gasteiger partial charge in [0.1, 0.15) is 17.4 Å². The average molecular weight is 671 g/mol. The van der Waals surface area contributed by atoms with Crippen molar-refractivity contribution >= 4 is 0 Å². The molecule has 48 heavy (non-hydrogen) atoms. The lowest BCUT2D eigenvalue weighted by Crippen LogP contribution is -2.49. The van der Waals surface area contributed by atoms with Gasteiger partial charge in [0, 0.05) is 82.8 Å². The van der Waals surface area contributed by atoms with Crippen LogP contribution in [0.15, 0.2) is 42.5 Å². The number of hydrogen-bond acceptors (Lipinski definition) is 7. The maximum Gasteiger partial charge on any atom is 0.125 e. The summed E-state index contributed by atoms with van der Waals surface area (Å²) in [6.07, 6.45) is 9.98. The van der Waals surface area contributed by atoms with Gasteiger partial charge in [-0.05, 0) is 75.7 Å². The van der Waals surface area contributed by atoms with Crippen LogP contribution in [0.4, 0.5) is 8.78 Å². The number of benzene rings is 2. The molecule has 2 N–H and O–H groups in total. The molecular weight excluding hydrogens is 610 g/mol. The standard InChI is InChI=1S/C20H31FN2O2.C19H29FN2O/c1-22-10-12-23(13-11-22)15-16-6-4-3-5-9-20(16,24)18-14-17(21)7-8-19(18)25-2;1-21-10-12-22(13-11-21)15-17-6-3-2-4-9-19(17,23)16-7-5-8-18(20)14-16/h7-8,14,16,24H,3-6,9-13,15H2,1-2H3;5,7-8,14,17,23H,2-4,6,9-13,15H2,1H3. The summed E-state index contributed by atoms with van der Waals surface area (Å²) in [4.78, 5) is 9.61. The van der Waals surface area contributed by atoms with E-state index in [1.807, 2.05) is 6.07 Å². The molecule has 268 valence electrons. The monoisotopic (exact) mass is 670 g/mol. The van der Waals surface area contributed by atoms with Gasteiger partial charge < -0.3 is 34.5 Å². The van der Waals surface area contributed by atoms with Crippen LogP contribution in [0.25, 0.3) is 0 Å². The Kier molecular flexibility index (Phi) is 13.3. The van der Waals surface area contributed by atoms with Crippen molar-refractivity contribution in [2.24, 2.45) is 11.8 Å². The summed E-state index contributed by atoms with van der Waals surface area (Å²) in [6.45, 7) is 10.3. The van der Waals surface area contributed by atoms with Crippen molar-refractivity contribution in [3.8, 4) is 5.75 Å². The summed E-state index contributed by atoms with van der Waals surface area (Å²) in [6, 6.07) is 11.1. The maximum atomic E-state index is 14.0. The molecular formula is C39H60F2N4O3. The van der Waals surface area contributed by atoms with E-state index in [1.54, 1.807) is 19.2 Å². The Bertz CT molecular complexity index is 1290. The van der Waals surface area contributed by atoms with Crippen LogP contribution < -0.4 is 4.74 Å². The fourth-order valence-corrected chi connectivity index (χ4v) is 8.49. The minimum absolute atomic E-state index is 0.106. The number of methoxy groups -OCH3 is 1. The molecule has 0 bridgehead atoms. The highest BCUT2D eigenvalue weighted by molar-refractivity contribution is 5.39. The van der Waals surface area contributed by atoms with E-state index in [0.29, 0.717) is 17.7 Å². The fraction of sp³-hybridized carbons (Fsp3) is 0.692. The van der Waals surface area contributed by atoms with Gasteiger partial charge in [-0.15, -0.1) is 0 Å². The quantitative estimate of drug-likeness (QED) is 0.367. The molecule has 4 atom stereocenters. The van der Waals surface area contributed by atoms with Crippen molar-refractivity contribution in [3.05, 3.63) is 65.2 Å². The van der Waals surface area contributed by atoms with Gasteiger partial charge in [-0.3, -0.25) is 0 Å². The van der Waals surface area contributed by atoms with Gasteiger partial charge in [0.2, 0.25) is 0 Å². The molecule has 2 saturated heterocycles. The van der Waals surface area contributed by atoms with E-state index in [4.69, 9.17) is 4.74 Å². The van der Waals surface area contributed by atoms with Gasteiger partial charge in [-0.1, -0.05) is 50.7 Å². The number of rotatable bonds is 7. The second kappa shape index (κ2) is 17.2. The van der Waals surface area contributed by atoms with E-state index in [0.717, 1.165) is 129 Å². The highest BCUT2D eigenvalue weighted by atomic mass is 19.1. The van der Waals surface area contributed by atoms with Crippen LogP contribution in [0.1, 0.15) is 75.3 Å². The molecule has 6 rings (SSSR count). The van der Waals surface area contributed by atoms with Gasteiger partial charge >= 0.3 is 0 Å². The summed E-state index contributed by atoms with van der Waals surface area (Å²) in [5.74, 6) is 0.323. The predicted molar refractivity (Wildman–Crippen MR) is 188 cm³/mol. The third-order valence-electron chi connectivity index (χ3n) is 11.7. The number of likely N-dealkylation sites (N-methyl/N-ethyl adjacent to an activating group) is 2. The van der Waals surface area contributed by atoms with Crippen molar-refractivity contribution in [1.82, 2.24) is 19.6 Å². The van der Waals surface area contributed by atoms with E-state index >= 15 is 0 Å². The Morgan fingerprint density at radius 3 is 1.73 bits per heavy atom. The molecule has 4 unspecified atom stereocenters. The number of nitrogens with zero attached hydrogens (tertiary/aromatic N) is 4. The summed E-state index contributed by atoms with van der Waals surface area (Å²) in [5.41, 5.74) is -0.524. The Labute approximate surface area is 287 Å². The zero-order valence-corrected chi connectivity index (χ0v) is 29.7. The van der Waals surface area contributed by atoms with Gasteiger partial charge in [0.15, 0.2) is 0 Å². The second-order valence-electron chi connectivity index (χ2n) is 15.0. The highest BCUT2D eigenvalue weighted by Gasteiger charge is 2.43. The fourth-order valence-electron chi connectivity index (χ4n) is 8.49. The van der Waals surface area contributed by atoms with Crippen molar-refractivity contribution in [3.63, 3.8) is 0 Å². The summed E-state index contributed by atoms with van der Waals surface area (Å²) >= 11 is 0. The number of halogens is 2. The normalized spacial score (nSPS) is 30.1. The summed E-state index contributed by atoms with van der Waals surface area (Å²) < 4.78 is 33.1. The average Bonchev–Trinajstić information content (AvgIpc) is 3.39. The first kappa shape index (κ1) is 37.1.